The van der Waals surface area contributed by atoms with E-state index in [4.69, 9.17) is 22.1 Å². The number of likely N-dealkylation sites (N-methyl/N-ethyl adjacent to an activating group) is 1. The summed E-state index contributed by atoms with van der Waals surface area (Å²) < 4.78 is 18.6. The van der Waals surface area contributed by atoms with Gasteiger partial charge in [0.2, 0.25) is 0 Å². The lowest BCUT2D eigenvalue weighted by Gasteiger charge is -2.18. The average molecular weight is 261 g/mol. The Hall–Kier alpha value is -1.00. The van der Waals surface area contributed by atoms with Gasteiger partial charge in [-0.2, -0.15) is 0 Å². The van der Waals surface area contributed by atoms with E-state index in [1.165, 1.54) is 12.1 Å². The molecule has 1 aromatic carbocycles. The summed E-state index contributed by atoms with van der Waals surface area (Å²) in [5, 5.41) is 0.0126. The van der Waals surface area contributed by atoms with E-state index in [0.717, 1.165) is 19.6 Å². The highest BCUT2D eigenvalue weighted by Gasteiger charge is 2.07. The number of ether oxygens (including phenoxy) is 1. The van der Waals surface area contributed by atoms with Crippen molar-refractivity contribution in [1.29, 1.82) is 0 Å². The summed E-state index contributed by atoms with van der Waals surface area (Å²) in [5.41, 5.74) is 6.04. The summed E-state index contributed by atoms with van der Waals surface area (Å²) in [6, 6.07) is 2.59. The molecule has 0 saturated carbocycles. The Morgan fingerprint density at radius 2 is 2.00 bits per heavy atom. The lowest BCUT2D eigenvalue weighted by molar-refractivity contribution is 0.223. The van der Waals surface area contributed by atoms with Gasteiger partial charge in [0.15, 0.2) is 0 Å². The molecule has 5 heteroatoms. The molecule has 0 fully saturated rings. The van der Waals surface area contributed by atoms with Crippen LogP contribution in [0.25, 0.3) is 0 Å². The van der Waals surface area contributed by atoms with Crippen LogP contribution in [0.4, 0.5) is 10.1 Å². The van der Waals surface area contributed by atoms with Crippen LogP contribution in [-0.2, 0) is 0 Å². The van der Waals surface area contributed by atoms with Crippen LogP contribution >= 0.6 is 11.6 Å². The van der Waals surface area contributed by atoms with Crippen LogP contribution in [0, 0.1) is 5.82 Å². The number of nitrogen functional groups attached to an aromatic ring is 1. The number of nitrogens with zero attached hydrogens (tertiary/aromatic N) is 1. The fourth-order valence-corrected chi connectivity index (χ4v) is 1.67. The molecule has 96 valence electrons. The lowest BCUT2D eigenvalue weighted by atomic mass is 10.3. The fraction of sp³-hybridized carbons (Fsp3) is 0.500. The normalized spacial score (nSPS) is 10.9. The molecule has 0 unspecified atom stereocenters. The predicted octanol–water partition coefficient (Wildman–Crippen LogP) is 2.78. The molecule has 0 aromatic heterocycles. The van der Waals surface area contributed by atoms with Crippen LogP contribution in [0.5, 0.6) is 5.75 Å². The monoisotopic (exact) mass is 260 g/mol. The van der Waals surface area contributed by atoms with Gasteiger partial charge in [-0.3, -0.25) is 0 Å². The molecule has 0 aliphatic heterocycles. The second-order valence-electron chi connectivity index (χ2n) is 3.68. The number of hydrogen-bond donors (Lipinski definition) is 1. The standard InChI is InChI=1S/C12H18ClFN2O/c1-3-16(4-2)5-6-17-12-8-10(14)9(13)7-11(12)15/h7-8H,3-6,15H2,1-2H3. The van der Waals surface area contributed by atoms with Crippen LogP contribution in [0.3, 0.4) is 0 Å². The minimum Gasteiger partial charge on any atom is -0.490 e. The fourth-order valence-electron chi connectivity index (χ4n) is 1.49. The van der Waals surface area contributed by atoms with Crippen molar-refractivity contribution in [3.63, 3.8) is 0 Å². The van der Waals surface area contributed by atoms with Gasteiger partial charge in [-0.1, -0.05) is 25.4 Å². The maximum absolute atomic E-state index is 13.2. The zero-order chi connectivity index (χ0) is 12.8. The molecule has 0 spiro atoms. The van der Waals surface area contributed by atoms with Crippen molar-refractivity contribution in [2.75, 3.05) is 32.0 Å². The number of anilines is 1. The molecule has 3 nitrogen and oxygen atoms in total. The maximum Gasteiger partial charge on any atom is 0.145 e. The van der Waals surface area contributed by atoms with Crippen LogP contribution in [0.2, 0.25) is 5.02 Å². The van der Waals surface area contributed by atoms with Gasteiger partial charge in [-0.05, 0) is 19.2 Å². The Balaban J connectivity index is 2.55. The lowest BCUT2D eigenvalue weighted by Crippen LogP contribution is -2.28. The van der Waals surface area contributed by atoms with Crippen LogP contribution in [0.15, 0.2) is 12.1 Å². The SMILES string of the molecule is CCN(CC)CCOc1cc(F)c(Cl)cc1N. The second kappa shape index (κ2) is 6.67. The van der Waals surface area contributed by atoms with Gasteiger partial charge in [0.1, 0.15) is 18.2 Å². The molecular weight excluding hydrogens is 243 g/mol. The van der Waals surface area contributed by atoms with Crippen molar-refractivity contribution >= 4 is 17.3 Å². The van der Waals surface area contributed by atoms with E-state index in [-0.39, 0.29) is 5.02 Å². The molecule has 0 amide bonds. The predicted molar refractivity (Wildman–Crippen MR) is 69.1 cm³/mol. The van der Waals surface area contributed by atoms with Gasteiger partial charge < -0.3 is 15.4 Å². The van der Waals surface area contributed by atoms with Crippen molar-refractivity contribution in [1.82, 2.24) is 4.90 Å². The maximum atomic E-state index is 13.2. The van der Waals surface area contributed by atoms with Crippen LogP contribution in [0.1, 0.15) is 13.8 Å². The summed E-state index contributed by atoms with van der Waals surface area (Å²) in [7, 11) is 0. The van der Waals surface area contributed by atoms with E-state index < -0.39 is 5.82 Å². The number of benzene rings is 1. The topological polar surface area (TPSA) is 38.5 Å². The molecule has 0 saturated heterocycles. The first-order valence-electron chi connectivity index (χ1n) is 5.68. The van der Waals surface area contributed by atoms with Gasteiger partial charge in [-0.15, -0.1) is 0 Å². The summed E-state index contributed by atoms with van der Waals surface area (Å²) >= 11 is 5.60. The van der Waals surface area contributed by atoms with Crippen molar-refractivity contribution in [2.24, 2.45) is 0 Å². The molecule has 0 bridgehead atoms. The zero-order valence-electron chi connectivity index (χ0n) is 10.2. The van der Waals surface area contributed by atoms with Crippen molar-refractivity contribution in [3.05, 3.63) is 23.0 Å². The van der Waals surface area contributed by atoms with E-state index in [1.807, 2.05) is 0 Å². The Labute approximate surface area is 106 Å². The minimum absolute atomic E-state index is 0.0126. The number of hydrogen-bond acceptors (Lipinski definition) is 3. The van der Waals surface area contributed by atoms with E-state index in [9.17, 15) is 4.39 Å². The number of halogens is 2. The Kier molecular flexibility index (Phi) is 5.51. The van der Waals surface area contributed by atoms with E-state index in [0.29, 0.717) is 18.0 Å². The van der Waals surface area contributed by atoms with Gasteiger partial charge in [-0.25, -0.2) is 4.39 Å². The van der Waals surface area contributed by atoms with E-state index >= 15 is 0 Å². The van der Waals surface area contributed by atoms with Gasteiger partial charge in [0.05, 0.1) is 10.7 Å². The smallest absolute Gasteiger partial charge is 0.145 e. The van der Waals surface area contributed by atoms with E-state index in [2.05, 4.69) is 18.7 Å². The summed E-state index contributed by atoms with van der Waals surface area (Å²) in [5.74, 6) is -0.169. The molecule has 0 atom stereocenters. The summed E-state index contributed by atoms with van der Waals surface area (Å²) in [6.07, 6.45) is 0. The highest BCUT2D eigenvalue weighted by atomic mass is 35.5. The zero-order valence-corrected chi connectivity index (χ0v) is 10.9. The first-order valence-corrected chi connectivity index (χ1v) is 6.06. The van der Waals surface area contributed by atoms with Crippen molar-refractivity contribution in [2.45, 2.75) is 13.8 Å². The molecular formula is C12H18ClFN2O. The van der Waals surface area contributed by atoms with Gasteiger partial charge in [0.25, 0.3) is 0 Å². The quantitative estimate of drug-likeness (QED) is 0.800. The molecule has 1 aromatic rings. The first kappa shape index (κ1) is 14.1. The average Bonchev–Trinajstić information content (AvgIpc) is 2.31. The minimum atomic E-state index is -0.515. The highest BCUT2D eigenvalue weighted by Crippen LogP contribution is 2.27. The number of nitrogens with two attached hydrogens (primary N) is 1. The molecule has 17 heavy (non-hydrogen) atoms. The molecule has 0 radical (unpaired) electrons. The summed E-state index contributed by atoms with van der Waals surface area (Å²) in [6.45, 7) is 7.36. The van der Waals surface area contributed by atoms with Crippen LogP contribution < -0.4 is 10.5 Å². The Bertz CT molecular complexity index is 370. The highest BCUT2D eigenvalue weighted by molar-refractivity contribution is 6.31. The third-order valence-electron chi connectivity index (χ3n) is 2.61. The van der Waals surface area contributed by atoms with Gasteiger partial charge in [0, 0.05) is 12.6 Å². The molecule has 0 heterocycles. The molecule has 1 rings (SSSR count). The molecule has 0 aliphatic rings. The largest absolute Gasteiger partial charge is 0.490 e. The first-order chi connectivity index (χ1) is 8.08. The van der Waals surface area contributed by atoms with Gasteiger partial charge >= 0.3 is 0 Å². The third kappa shape index (κ3) is 4.06. The second-order valence-corrected chi connectivity index (χ2v) is 4.09. The van der Waals surface area contributed by atoms with E-state index in [1.54, 1.807) is 0 Å². The molecule has 2 N–H and O–H groups in total. The van der Waals surface area contributed by atoms with Crippen molar-refractivity contribution in [3.8, 4) is 5.75 Å². The van der Waals surface area contributed by atoms with Crippen molar-refractivity contribution < 1.29 is 9.13 Å². The van der Waals surface area contributed by atoms with Crippen LogP contribution in [-0.4, -0.2) is 31.1 Å². The molecule has 0 aliphatic carbocycles. The Morgan fingerprint density at radius 3 is 2.59 bits per heavy atom. The summed E-state index contributed by atoms with van der Waals surface area (Å²) in [4.78, 5) is 2.21. The Morgan fingerprint density at radius 1 is 1.35 bits per heavy atom. The third-order valence-corrected chi connectivity index (χ3v) is 2.90. The number of rotatable bonds is 6.